The molecular formula is C10H14N6S. The van der Waals surface area contributed by atoms with Crippen molar-refractivity contribution in [3.05, 3.63) is 22.1 Å². The Morgan fingerprint density at radius 2 is 2.12 bits per heavy atom. The second kappa shape index (κ2) is 4.96. The SMILES string of the molecule is CNc1cc(NCc2ncc(C)s2)nc(N)n1. The number of nitrogens with two attached hydrogens (primary N) is 1. The number of anilines is 3. The maximum absolute atomic E-state index is 5.59. The first-order chi connectivity index (χ1) is 8.17. The topological polar surface area (TPSA) is 88.8 Å². The molecule has 2 aromatic heterocycles. The number of nitrogens with one attached hydrogen (secondary N) is 2. The molecule has 0 aliphatic rings. The van der Waals surface area contributed by atoms with Gasteiger partial charge in [-0.2, -0.15) is 9.97 Å². The molecule has 0 bridgehead atoms. The van der Waals surface area contributed by atoms with E-state index in [0.29, 0.717) is 18.2 Å². The molecule has 6 nitrogen and oxygen atoms in total. The van der Waals surface area contributed by atoms with Gasteiger partial charge in [-0.25, -0.2) is 4.98 Å². The molecular weight excluding hydrogens is 236 g/mol. The molecule has 0 saturated heterocycles. The van der Waals surface area contributed by atoms with E-state index in [0.717, 1.165) is 5.01 Å². The molecule has 0 amide bonds. The Labute approximate surface area is 103 Å². The van der Waals surface area contributed by atoms with Crippen LogP contribution in [0.2, 0.25) is 0 Å². The summed E-state index contributed by atoms with van der Waals surface area (Å²) in [6.07, 6.45) is 1.86. The molecule has 0 aliphatic heterocycles. The first kappa shape index (κ1) is 11.6. The van der Waals surface area contributed by atoms with Crippen molar-refractivity contribution in [2.24, 2.45) is 0 Å². The molecule has 0 spiro atoms. The van der Waals surface area contributed by atoms with Crippen LogP contribution in [0.5, 0.6) is 0 Å². The lowest BCUT2D eigenvalue weighted by atomic mass is 10.5. The first-order valence-electron chi connectivity index (χ1n) is 5.15. The second-order valence-corrected chi connectivity index (χ2v) is 4.78. The molecule has 2 aromatic rings. The number of aryl methyl sites for hydroxylation is 1. The predicted molar refractivity (Wildman–Crippen MR) is 70.2 cm³/mol. The number of thiazole rings is 1. The lowest BCUT2D eigenvalue weighted by Crippen LogP contribution is -2.06. The normalized spacial score (nSPS) is 10.2. The van der Waals surface area contributed by atoms with Gasteiger partial charge in [0.05, 0.1) is 6.54 Å². The molecule has 0 saturated carbocycles. The van der Waals surface area contributed by atoms with Gasteiger partial charge < -0.3 is 16.4 Å². The van der Waals surface area contributed by atoms with Crippen molar-refractivity contribution in [3.8, 4) is 0 Å². The minimum atomic E-state index is 0.245. The molecule has 17 heavy (non-hydrogen) atoms. The zero-order chi connectivity index (χ0) is 12.3. The molecule has 0 atom stereocenters. The quantitative estimate of drug-likeness (QED) is 0.761. The Morgan fingerprint density at radius 1 is 1.35 bits per heavy atom. The Morgan fingerprint density at radius 3 is 2.76 bits per heavy atom. The van der Waals surface area contributed by atoms with Crippen molar-refractivity contribution in [1.82, 2.24) is 15.0 Å². The van der Waals surface area contributed by atoms with E-state index in [1.165, 1.54) is 4.88 Å². The summed E-state index contributed by atoms with van der Waals surface area (Å²) in [5.41, 5.74) is 5.59. The highest BCUT2D eigenvalue weighted by molar-refractivity contribution is 7.11. The van der Waals surface area contributed by atoms with Crippen LogP contribution in [0.15, 0.2) is 12.3 Å². The van der Waals surface area contributed by atoms with Crippen LogP contribution in [0.3, 0.4) is 0 Å². The van der Waals surface area contributed by atoms with Crippen molar-refractivity contribution in [2.45, 2.75) is 13.5 Å². The molecule has 0 aliphatic carbocycles. The standard InChI is InChI=1S/C10H14N6S/c1-6-4-14-9(17-6)5-13-8-3-7(12-2)15-10(11)16-8/h3-4H,5H2,1-2H3,(H4,11,12,13,15,16). The molecule has 7 heteroatoms. The minimum absolute atomic E-state index is 0.245. The van der Waals surface area contributed by atoms with Crippen molar-refractivity contribution >= 4 is 28.9 Å². The molecule has 90 valence electrons. The number of hydrogen-bond acceptors (Lipinski definition) is 7. The van der Waals surface area contributed by atoms with Gasteiger partial charge in [-0.1, -0.05) is 0 Å². The zero-order valence-electron chi connectivity index (χ0n) is 9.69. The van der Waals surface area contributed by atoms with Crippen LogP contribution in [0.25, 0.3) is 0 Å². The number of nitrogen functional groups attached to an aromatic ring is 1. The van der Waals surface area contributed by atoms with E-state index >= 15 is 0 Å². The summed E-state index contributed by atoms with van der Waals surface area (Å²) in [7, 11) is 1.79. The first-order valence-corrected chi connectivity index (χ1v) is 5.96. The lowest BCUT2D eigenvalue weighted by Gasteiger charge is -2.06. The largest absolute Gasteiger partial charge is 0.373 e. The van der Waals surface area contributed by atoms with Gasteiger partial charge in [0.1, 0.15) is 16.6 Å². The molecule has 0 fully saturated rings. The summed E-state index contributed by atoms with van der Waals surface area (Å²) in [4.78, 5) is 13.6. The van der Waals surface area contributed by atoms with E-state index in [-0.39, 0.29) is 5.95 Å². The van der Waals surface area contributed by atoms with Gasteiger partial charge in [0.2, 0.25) is 5.95 Å². The molecule has 4 N–H and O–H groups in total. The van der Waals surface area contributed by atoms with Gasteiger partial charge >= 0.3 is 0 Å². The van der Waals surface area contributed by atoms with Gasteiger partial charge in [0, 0.05) is 24.2 Å². The van der Waals surface area contributed by atoms with Crippen molar-refractivity contribution in [1.29, 1.82) is 0 Å². The fraction of sp³-hybridized carbons (Fsp3) is 0.300. The summed E-state index contributed by atoms with van der Waals surface area (Å²) in [6.45, 7) is 2.67. The monoisotopic (exact) mass is 250 g/mol. The Hall–Kier alpha value is -1.89. The highest BCUT2D eigenvalue weighted by Gasteiger charge is 2.02. The molecule has 2 rings (SSSR count). The van der Waals surface area contributed by atoms with Gasteiger partial charge in [-0.15, -0.1) is 11.3 Å². The predicted octanol–water partition coefficient (Wildman–Crippen LogP) is 1.48. The highest BCUT2D eigenvalue weighted by Crippen LogP contribution is 2.15. The van der Waals surface area contributed by atoms with E-state index in [4.69, 9.17) is 5.73 Å². The van der Waals surface area contributed by atoms with Crippen molar-refractivity contribution < 1.29 is 0 Å². The van der Waals surface area contributed by atoms with Crippen molar-refractivity contribution in [2.75, 3.05) is 23.4 Å². The van der Waals surface area contributed by atoms with E-state index in [1.807, 2.05) is 13.1 Å². The number of hydrogen-bond donors (Lipinski definition) is 3. The molecule has 0 radical (unpaired) electrons. The third kappa shape index (κ3) is 3.04. The van der Waals surface area contributed by atoms with E-state index in [2.05, 4.69) is 25.6 Å². The minimum Gasteiger partial charge on any atom is -0.373 e. The van der Waals surface area contributed by atoms with E-state index < -0.39 is 0 Å². The average molecular weight is 250 g/mol. The van der Waals surface area contributed by atoms with Crippen LogP contribution in [0, 0.1) is 6.92 Å². The molecule has 0 unspecified atom stereocenters. The summed E-state index contributed by atoms with van der Waals surface area (Å²) in [5, 5.41) is 7.11. The van der Waals surface area contributed by atoms with Crippen LogP contribution >= 0.6 is 11.3 Å². The molecule has 0 aromatic carbocycles. The zero-order valence-corrected chi connectivity index (χ0v) is 10.5. The van der Waals surface area contributed by atoms with Crippen LogP contribution in [-0.2, 0) is 6.54 Å². The van der Waals surface area contributed by atoms with Gasteiger partial charge in [-0.05, 0) is 6.92 Å². The average Bonchev–Trinajstić information content (AvgIpc) is 2.72. The van der Waals surface area contributed by atoms with Gasteiger partial charge in [-0.3, -0.25) is 0 Å². The van der Waals surface area contributed by atoms with Gasteiger partial charge in [0.15, 0.2) is 0 Å². The summed E-state index contributed by atoms with van der Waals surface area (Å²) in [6, 6.07) is 1.80. The maximum Gasteiger partial charge on any atom is 0.223 e. The third-order valence-electron chi connectivity index (χ3n) is 2.09. The number of nitrogens with zero attached hydrogens (tertiary/aromatic N) is 3. The highest BCUT2D eigenvalue weighted by atomic mass is 32.1. The number of rotatable bonds is 4. The smallest absolute Gasteiger partial charge is 0.223 e. The Bertz CT molecular complexity index is 509. The summed E-state index contributed by atoms with van der Waals surface area (Å²) >= 11 is 1.66. The maximum atomic E-state index is 5.59. The Balaban J connectivity index is 2.05. The van der Waals surface area contributed by atoms with Crippen molar-refractivity contribution in [3.63, 3.8) is 0 Å². The third-order valence-corrected chi connectivity index (χ3v) is 3.00. The molecule has 2 heterocycles. The fourth-order valence-electron chi connectivity index (χ4n) is 1.33. The second-order valence-electron chi connectivity index (χ2n) is 3.46. The number of aromatic nitrogens is 3. The summed E-state index contributed by atoms with van der Waals surface area (Å²) in [5.74, 6) is 1.62. The van der Waals surface area contributed by atoms with E-state index in [9.17, 15) is 0 Å². The van der Waals surface area contributed by atoms with Crippen LogP contribution < -0.4 is 16.4 Å². The lowest BCUT2D eigenvalue weighted by molar-refractivity contribution is 1.06. The van der Waals surface area contributed by atoms with Crippen LogP contribution in [0.1, 0.15) is 9.88 Å². The Kier molecular flexibility index (Phi) is 3.38. The van der Waals surface area contributed by atoms with E-state index in [1.54, 1.807) is 24.5 Å². The van der Waals surface area contributed by atoms with Gasteiger partial charge in [0.25, 0.3) is 0 Å². The van der Waals surface area contributed by atoms with Crippen LogP contribution in [0.4, 0.5) is 17.6 Å². The fourth-order valence-corrected chi connectivity index (χ4v) is 2.06. The van der Waals surface area contributed by atoms with Crippen LogP contribution in [-0.4, -0.2) is 22.0 Å². The summed E-state index contributed by atoms with van der Waals surface area (Å²) < 4.78 is 0.